The van der Waals surface area contributed by atoms with Crippen LogP contribution in [0.3, 0.4) is 0 Å². The highest BCUT2D eigenvalue weighted by atomic mass is 15.2. The Bertz CT molecular complexity index is 168. The van der Waals surface area contributed by atoms with E-state index in [0.717, 1.165) is 12.6 Å². The second-order valence-corrected chi connectivity index (χ2v) is 5.80. The van der Waals surface area contributed by atoms with Crippen molar-refractivity contribution in [2.75, 3.05) is 19.6 Å². The molecule has 0 unspecified atom stereocenters. The molecular formula is C13H28N2. The van der Waals surface area contributed by atoms with Crippen LogP contribution < -0.4 is 5.32 Å². The van der Waals surface area contributed by atoms with Gasteiger partial charge in [-0.1, -0.05) is 6.92 Å². The number of hydrogen-bond donors (Lipinski definition) is 1. The summed E-state index contributed by atoms with van der Waals surface area (Å²) >= 11 is 0. The zero-order valence-corrected chi connectivity index (χ0v) is 11.0. The second-order valence-electron chi connectivity index (χ2n) is 5.80. The van der Waals surface area contributed by atoms with Crippen LogP contribution in [0.5, 0.6) is 0 Å². The Morgan fingerprint density at radius 1 is 1.20 bits per heavy atom. The second kappa shape index (κ2) is 5.86. The van der Waals surface area contributed by atoms with Crippen molar-refractivity contribution < 1.29 is 0 Å². The van der Waals surface area contributed by atoms with E-state index in [1.165, 1.54) is 38.8 Å². The molecule has 0 aromatic carbocycles. The van der Waals surface area contributed by atoms with Gasteiger partial charge in [0.15, 0.2) is 0 Å². The van der Waals surface area contributed by atoms with Gasteiger partial charge in [0, 0.05) is 11.6 Å². The molecule has 90 valence electrons. The lowest BCUT2D eigenvalue weighted by molar-refractivity contribution is 0.255. The summed E-state index contributed by atoms with van der Waals surface area (Å²) in [5, 5.41) is 3.55. The Labute approximate surface area is 95.4 Å². The maximum Gasteiger partial charge on any atom is 0.00965 e. The third-order valence-electron chi connectivity index (χ3n) is 2.85. The molecular weight excluding hydrogens is 184 g/mol. The summed E-state index contributed by atoms with van der Waals surface area (Å²) in [7, 11) is 0. The summed E-state index contributed by atoms with van der Waals surface area (Å²) in [6.07, 6.45) is 5.45. The first-order valence-corrected chi connectivity index (χ1v) is 6.52. The third kappa shape index (κ3) is 6.16. The summed E-state index contributed by atoms with van der Waals surface area (Å²) in [5.41, 5.74) is 0.273. The number of rotatable bonds is 7. The molecule has 0 heterocycles. The van der Waals surface area contributed by atoms with Crippen LogP contribution in [0.2, 0.25) is 0 Å². The molecule has 0 amide bonds. The first kappa shape index (κ1) is 13.0. The summed E-state index contributed by atoms with van der Waals surface area (Å²) in [6, 6.07) is 0.930. The minimum atomic E-state index is 0.273. The maximum absolute atomic E-state index is 3.55. The molecule has 1 aliphatic rings. The molecule has 0 radical (unpaired) electrons. The summed E-state index contributed by atoms with van der Waals surface area (Å²) < 4.78 is 0. The van der Waals surface area contributed by atoms with E-state index in [4.69, 9.17) is 0 Å². The van der Waals surface area contributed by atoms with E-state index < -0.39 is 0 Å². The van der Waals surface area contributed by atoms with E-state index in [0.29, 0.717) is 0 Å². The molecule has 0 atom stereocenters. The van der Waals surface area contributed by atoms with Gasteiger partial charge in [-0.3, -0.25) is 0 Å². The highest BCUT2D eigenvalue weighted by Crippen LogP contribution is 2.26. The average molecular weight is 212 g/mol. The minimum Gasteiger partial charge on any atom is -0.312 e. The van der Waals surface area contributed by atoms with Gasteiger partial charge in [-0.05, 0) is 66.1 Å². The van der Waals surface area contributed by atoms with Crippen molar-refractivity contribution in [3.8, 4) is 0 Å². The molecule has 1 N–H and O–H groups in total. The van der Waals surface area contributed by atoms with Crippen LogP contribution in [0.15, 0.2) is 0 Å². The fraction of sp³-hybridized carbons (Fsp3) is 1.00. The van der Waals surface area contributed by atoms with Crippen LogP contribution in [-0.4, -0.2) is 36.1 Å². The normalized spacial score (nSPS) is 17.4. The fourth-order valence-electron chi connectivity index (χ4n) is 1.95. The molecule has 1 fully saturated rings. The van der Waals surface area contributed by atoms with Crippen molar-refractivity contribution in [3.63, 3.8) is 0 Å². The molecule has 1 aliphatic carbocycles. The lowest BCUT2D eigenvalue weighted by atomic mass is 10.1. The Morgan fingerprint density at radius 3 is 2.33 bits per heavy atom. The Balaban J connectivity index is 2.06. The van der Waals surface area contributed by atoms with Gasteiger partial charge >= 0.3 is 0 Å². The number of hydrogen-bond acceptors (Lipinski definition) is 2. The van der Waals surface area contributed by atoms with Gasteiger partial charge in [0.1, 0.15) is 0 Å². The molecule has 0 aromatic rings. The Morgan fingerprint density at radius 2 is 1.87 bits per heavy atom. The van der Waals surface area contributed by atoms with Crippen LogP contribution in [0.1, 0.15) is 53.4 Å². The molecule has 0 spiro atoms. The predicted octanol–water partition coefficient (Wildman–Crippen LogP) is 2.64. The monoisotopic (exact) mass is 212 g/mol. The average Bonchev–Trinajstić information content (AvgIpc) is 2.91. The molecule has 1 saturated carbocycles. The van der Waals surface area contributed by atoms with Gasteiger partial charge in [0.05, 0.1) is 0 Å². The summed E-state index contributed by atoms with van der Waals surface area (Å²) in [4.78, 5) is 2.67. The van der Waals surface area contributed by atoms with Crippen LogP contribution >= 0.6 is 0 Å². The molecule has 0 saturated heterocycles. The third-order valence-corrected chi connectivity index (χ3v) is 2.85. The summed E-state index contributed by atoms with van der Waals surface area (Å²) in [5.74, 6) is 0. The molecule has 1 rings (SSSR count). The van der Waals surface area contributed by atoms with E-state index in [2.05, 4.69) is 37.9 Å². The number of nitrogens with one attached hydrogen (secondary N) is 1. The van der Waals surface area contributed by atoms with E-state index in [1.54, 1.807) is 0 Å². The van der Waals surface area contributed by atoms with Crippen molar-refractivity contribution in [1.29, 1.82) is 0 Å². The van der Waals surface area contributed by atoms with Gasteiger partial charge in [0.25, 0.3) is 0 Å². The minimum absolute atomic E-state index is 0.273. The van der Waals surface area contributed by atoms with E-state index in [1.807, 2.05) is 0 Å². The number of nitrogens with zero attached hydrogens (tertiary/aromatic N) is 1. The Kier molecular flexibility index (Phi) is 5.07. The first-order chi connectivity index (χ1) is 7.03. The molecule has 15 heavy (non-hydrogen) atoms. The summed E-state index contributed by atoms with van der Waals surface area (Å²) in [6.45, 7) is 12.7. The molecule has 0 bridgehead atoms. The van der Waals surface area contributed by atoms with Crippen LogP contribution in [-0.2, 0) is 0 Å². The smallest absolute Gasteiger partial charge is 0.00965 e. The zero-order valence-electron chi connectivity index (χ0n) is 11.0. The Hall–Kier alpha value is -0.0800. The van der Waals surface area contributed by atoms with Crippen molar-refractivity contribution in [2.24, 2.45) is 0 Å². The highest BCUT2D eigenvalue weighted by Gasteiger charge is 2.27. The maximum atomic E-state index is 3.55. The fourth-order valence-corrected chi connectivity index (χ4v) is 1.95. The molecule has 2 nitrogen and oxygen atoms in total. The van der Waals surface area contributed by atoms with E-state index >= 15 is 0 Å². The van der Waals surface area contributed by atoms with Gasteiger partial charge in [-0.15, -0.1) is 0 Å². The van der Waals surface area contributed by atoms with Crippen molar-refractivity contribution in [1.82, 2.24) is 10.2 Å². The van der Waals surface area contributed by atoms with Gasteiger partial charge in [-0.2, -0.15) is 0 Å². The van der Waals surface area contributed by atoms with Crippen LogP contribution in [0.4, 0.5) is 0 Å². The standard InChI is InChI=1S/C13H28N2/c1-5-10-15(12-7-8-12)11-6-9-14-13(2,3)4/h12,14H,5-11H2,1-4H3. The zero-order chi connectivity index (χ0) is 11.3. The SMILES string of the molecule is CCCN(CCCNC(C)(C)C)C1CC1. The van der Waals surface area contributed by atoms with E-state index in [-0.39, 0.29) is 5.54 Å². The van der Waals surface area contributed by atoms with Gasteiger partial charge in [0.2, 0.25) is 0 Å². The van der Waals surface area contributed by atoms with Crippen molar-refractivity contribution in [3.05, 3.63) is 0 Å². The van der Waals surface area contributed by atoms with E-state index in [9.17, 15) is 0 Å². The van der Waals surface area contributed by atoms with Crippen LogP contribution in [0.25, 0.3) is 0 Å². The molecule has 2 heteroatoms. The predicted molar refractivity (Wildman–Crippen MR) is 67.3 cm³/mol. The lowest BCUT2D eigenvalue weighted by Crippen LogP contribution is -2.38. The quantitative estimate of drug-likeness (QED) is 0.653. The van der Waals surface area contributed by atoms with Gasteiger partial charge < -0.3 is 10.2 Å². The van der Waals surface area contributed by atoms with Crippen LogP contribution in [0, 0.1) is 0 Å². The lowest BCUT2D eigenvalue weighted by Gasteiger charge is -2.24. The topological polar surface area (TPSA) is 15.3 Å². The van der Waals surface area contributed by atoms with Crippen molar-refractivity contribution >= 4 is 0 Å². The largest absolute Gasteiger partial charge is 0.312 e. The van der Waals surface area contributed by atoms with Gasteiger partial charge in [-0.25, -0.2) is 0 Å². The van der Waals surface area contributed by atoms with Crippen molar-refractivity contribution in [2.45, 2.75) is 65.0 Å². The molecule has 0 aromatic heterocycles. The molecule has 0 aliphatic heterocycles. The first-order valence-electron chi connectivity index (χ1n) is 6.52. The highest BCUT2D eigenvalue weighted by molar-refractivity contribution is 4.84.